The largest absolute Gasteiger partial charge is 0.490 e. The summed E-state index contributed by atoms with van der Waals surface area (Å²) in [4.78, 5) is 11.3. The fourth-order valence-corrected chi connectivity index (χ4v) is 2.61. The SMILES string of the molecule is CCCOc1ccccc1OC1CCCC(N)(C(=O)O)C1. The summed E-state index contributed by atoms with van der Waals surface area (Å²) in [5.41, 5.74) is 4.77. The number of para-hydroxylation sites is 2. The summed E-state index contributed by atoms with van der Waals surface area (Å²) in [5.74, 6) is 0.403. The standard InChI is InChI=1S/C16H23NO4/c1-2-10-20-13-7-3-4-8-14(13)21-12-6-5-9-16(17,11-12)15(18)19/h3-4,7-8,12H,2,5-6,9-11,17H2,1H3,(H,18,19). The van der Waals surface area contributed by atoms with Crippen molar-refractivity contribution in [1.29, 1.82) is 0 Å². The molecule has 1 aliphatic rings. The van der Waals surface area contributed by atoms with Crippen molar-refractivity contribution in [2.45, 2.75) is 50.7 Å². The lowest BCUT2D eigenvalue weighted by Crippen LogP contribution is -2.53. The summed E-state index contributed by atoms with van der Waals surface area (Å²) < 4.78 is 11.6. The maximum Gasteiger partial charge on any atom is 0.323 e. The van der Waals surface area contributed by atoms with E-state index in [1.54, 1.807) is 0 Å². The first kappa shape index (κ1) is 15.6. The Bertz CT molecular complexity index is 491. The molecule has 1 saturated carbocycles. The highest BCUT2D eigenvalue weighted by Crippen LogP contribution is 2.33. The van der Waals surface area contributed by atoms with E-state index in [2.05, 4.69) is 0 Å². The Morgan fingerprint density at radius 1 is 1.43 bits per heavy atom. The van der Waals surface area contributed by atoms with Crippen molar-refractivity contribution in [1.82, 2.24) is 0 Å². The molecule has 2 atom stereocenters. The van der Waals surface area contributed by atoms with Gasteiger partial charge in [0.15, 0.2) is 11.5 Å². The van der Waals surface area contributed by atoms with E-state index in [4.69, 9.17) is 15.2 Å². The molecular formula is C16H23NO4. The van der Waals surface area contributed by atoms with Gasteiger partial charge in [-0.05, 0) is 37.8 Å². The first-order chi connectivity index (χ1) is 10.0. The van der Waals surface area contributed by atoms with Crippen LogP contribution in [0.4, 0.5) is 0 Å². The van der Waals surface area contributed by atoms with Crippen LogP contribution in [0.1, 0.15) is 39.0 Å². The number of carboxylic acids is 1. The van der Waals surface area contributed by atoms with Gasteiger partial charge in [-0.3, -0.25) is 4.79 Å². The normalized spacial score (nSPS) is 25.3. The monoisotopic (exact) mass is 293 g/mol. The number of carboxylic acid groups (broad SMARTS) is 1. The molecule has 2 unspecified atom stereocenters. The lowest BCUT2D eigenvalue weighted by atomic mass is 9.81. The molecule has 0 saturated heterocycles. The first-order valence-electron chi connectivity index (χ1n) is 7.46. The van der Waals surface area contributed by atoms with Crippen LogP contribution >= 0.6 is 0 Å². The van der Waals surface area contributed by atoms with Gasteiger partial charge < -0.3 is 20.3 Å². The zero-order valence-electron chi connectivity index (χ0n) is 12.4. The molecule has 0 aliphatic heterocycles. The molecule has 1 aliphatic carbocycles. The highest BCUT2D eigenvalue weighted by molar-refractivity contribution is 5.78. The van der Waals surface area contributed by atoms with Crippen molar-refractivity contribution >= 4 is 5.97 Å². The third kappa shape index (κ3) is 3.88. The van der Waals surface area contributed by atoms with Gasteiger partial charge in [-0.1, -0.05) is 19.1 Å². The van der Waals surface area contributed by atoms with Gasteiger partial charge in [0.2, 0.25) is 0 Å². The van der Waals surface area contributed by atoms with Crippen LogP contribution in [-0.2, 0) is 4.79 Å². The molecule has 0 heterocycles. The van der Waals surface area contributed by atoms with Crippen molar-refractivity contribution in [2.24, 2.45) is 5.73 Å². The highest BCUT2D eigenvalue weighted by Gasteiger charge is 2.40. The Kier molecular flexibility index (Phi) is 5.07. The molecule has 1 fully saturated rings. The smallest absolute Gasteiger partial charge is 0.323 e. The molecule has 0 radical (unpaired) electrons. The summed E-state index contributed by atoms with van der Waals surface area (Å²) in [6, 6.07) is 7.48. The Morgan fingerprint density at radius 2 is 2.14 bits per heavy atom. The molecule has 1 aromatic rings. The Hall–Kier alpha value is -1.75. The van der Waals surface area contributed by atoms with Crippen molar-refractivity contribution < 1.29 is 19.4 Å². The van der Waals surface area contributed by atoms with Crippen LogP contribution in [0.25, 0.3) is 0 Å². The summed E-state index contributed by atoms with van der Waals surface area (Å²) in [6.45, 7) is 2.67. The minimum absolute atomic E-state index is 0.189. The third-order valence-electron chi connectivity index (χ3n) is 3.77. The molecule has 116 valence electrons. The predicted octanol–water partition coefficient (Wildman–Crippen LogP) is 2.58. The number of rotatable bonds is 6. The average molecular weight is 293 g/mol. The summed E-state index contributed by atoms with van der Waals surface area (Å²) >= 11 is 0. The Balaban J connectivity index is 2.06. The number of aliphatic carboxylic acids is 1. The third-order valence-corrected chi connectivity index (χ3v) is 3.77. The van der Waals surface area contributed by atoms with Crippen LogP contribution in [0.3, 0.4) is 0 Å². The predicted molar refractivity (Wildman–Crippen MR) is 79.7 cm³/mol. The maximum atomic E-state index is 11.3. The number of nitrogens with two attached hydrogens (primary N) is 1. The molecule has 0 aromatic heterocycles. The zero-order chi connectivity index (χ0) is 15.3. The lowest BCUT2D eigenvalue weighted by Gasteiger charge is -2.34. The van der Waals surface area contributed by atoms with Gasteiger partial charge in [0.25, 0.3) is 0 Å². The summed E-state index contributed by atoms with van der Waals surface area (Å²) in [7, 11) is 0. The van der Waals surface area contributed by atoms with Gasteiger partial charge in [-0.15, -0.1) is 0 Å². The van der Waals surface area contributed by atoms with E-state index in [0.717, 1.165) is 19.3 Å². The fourth-order valence-electron chi connectivity index (χ4n) is 2.61. The van der Waals surface area contributed by atoms with Gasteiger partial charge in [-0.2, -0.15) is 0 Å². The number of hydrogen-bond acceptors (Lipinski definition) is 4. The number of benzene rings is 1. The van der Waals surface area contributed by atoms with Crippen molar-refractivity contribution in [2.75, 3.05) is 6.61 Å². The van der Waals surface area contributed by atoms with Crippen LogP contribution in [-0.4, -0.2) is 29.3 Å². The van der Waals surface area contributed by atoms with E-state index < -0.39 is 11.5 Å². The van der Waals surface area contributed by atoms with Gasteiger partial charge in [0, 0.05) is 6.42 Å². The van der Waals surface area contributed by atoms with Gasteiger partial charge in [-0.25, -0.2) is 0 Å². The van der Waals surface area contributed by atoms with E-state index in [1.807, 2.05) is 31.2 Å². The van der Waals surface area contributed by atoms with Crippen LogP contribution < -0.4 is 15.2 Å². The summed E-state index contributed by atoms with van der Waals surface area (Å²) in [6.07, 6.45) is 3.12. The molecule has 21 heavy (non-hydrogen) atoms. The van der Waals surface area contributed by atoms with Crippen molar-refractivity contribution in [3.8, 4) is 11.5 Å². The molecule has 3 N–H and O–H groups in total. The first-order valence-corrected chi connectivity index (χ1v) is 7.46. The molecule has 0 bridgehead atoms. The van der Waals surface area contributed by atoms with Crippen LogP contribution in [0.5, 0.6) is 11.5 Å². The second-order valence-corrected chi connectivity index (χ2v) is 5.59. The number of hydrogen-bond donors (Lipinski definition) is 2. The molecular weight excluding hydrogens is 270 g/mol. The Morgan fingerprint density at radius 3 is 2.81 bits per heavy atom. The minimum atomic E-state index is -1.18. The highest BCUT2D eigenvalue weighted by atomic mass is 16.5. The van der Waals surface area contributed by atoms with E-state index in [1.165, 1.54) is 0 Å². The lowest BCUT2D eigenvalue weighted by molar-refractivity contribution is -0.145. The molecule has 1 aromatic carbocycles. The van der Waals surface area contributed by atoms with Crippen LogP contribution in [0.15, 0.2) is 24.3 Å². The number of carbonyl (C=O) groups is 1. The zero-order valence-corrected chi connectivity index (χ0v) is 12.4. The van der Waals surface area contributed by atoms with E-state index in [9.17, 15) is 9.90 Å². The van der Waals surface area contributed by atoms with Crippen molar-refractivity contribution in [3.05, 3.63) is 24.3 Å². The van der Waals surface area contributed by atoms with E-state index in [-0.39, 0.29) is 6.10 Å². The second kappa shape index (κ2) is 6.80. The van der Waals surface area contributed by atoms with Crippen molar-refractivity contribution in [3.63, 3.8) is 0 Å². The molecule has 0 spiro atoms. The average Bonchev–Trinajstić information content (AvgIpc) is 2.46. The summed E-state index contributed by atoms with van der Waals surface area (Å²) in [5, 5.41) is 9.25. The van der Waals surface area contributed by atoms with Gasteiger partial charge >= 0.3 is 5.97 Å². The van der Waals surface area contributed by atoms with E-state index >= 15 is 0 Å². The second-order valence-electron chi connectivity index (χ2n) is 5.59. The minimum Gasteiger partial charge on any atom is -0.490 e. The number of ether oxygens (including phenoxy) is 2. The van der Waals surface area contributed by atoms with Crippen LogP contribution in [0.2, 0.25) is 0 Å². The quantitative estimate of drug-likeness (QED) is 0.842. The molecule has 5 heteroatoms. The topological polar surface area (TPSA) is 81.8 Å². The maximum absolute atomic E-state index is 11.3. The fraction of sp³-hybridized carbons (Fsp3) is 0.562. The molecule has 0 amide bonds. The molecule has 2 rings (SSSR count). The van der Waals surface area contributed by atoms with E-state index in [0.29, 0.717) is 30.9 Å². The van der Waals surface area contributed by atoms with Gasteiger partial charge in [0.05, 0.1) is 6.61 Å². The van der Waals surface area contributed by atoms with Crippen LogP contribution in [0, 0.1) is 0 Å². The molecule has 5 nitrogen and oxygen atoms in total. The van der Waals surface area contributed by atoms with Gasteiger partial charge in [0.1, 0.15) is 11.6 Å². The Labute approximate surface area is 125 Å².